The number of benzene rings is 2. The van der Waals surface area contributed by atoms with E-state index in [1.165, 1.54) is 16.7 Å². The molecule has 0 aliphatic carbocycles. The maximum atomic E-state index is 5.89. The van der Waals surface area contributed by atoms with Gasteiger partial charge in [0.2, 0.25) is 0 Å². The summed E-state index contributed by atoms with van der Waals surface area (Å²) in [5, 5.41) is 3.50. The molecule has 0 saturated carbocycles. The fourth-order valence-electron chi connectivity index (χ4n) is 2.38. The van der Waals surface area contributed by atoms with Gasteiger partial charge in [0.1, 0.15) is 0 Å². The van der Waals surface area contributed by atoms with E-state index < -0.39 is 0 Å². The number of rotatable bonds is 7. The zero-order chi connectivity index (χ0) is 14.9. The Morgan fingerprint density at radius 3 is 2.29 bits per heavy atom. The Hall–Kier alpha value is -1.90. The number of hydrogen-bond donors (Lipinski definition) is 2. The number of nitrogens with one attached hydrogen (secondary N) is 1. The van der Waals surface area contributed by atoms with E-state index >= 15 is 0 Å². The van der Waals surface area contributed by atoms with Gasteiger partial charge >= 0.3 is 0 Å². The molecule has 2 nitrogen and oxygen atoms in total. The van der Waals surface area contributed by atoms with Gasteiger partial charge in [-0.2, -0.15) is 0 Å². The van der Waals surface area contributed by atoms with Gasteiger partial charge in [-0.1, -0.05) is 66.7 Å². The summed E-state index contributed by atoms with van der Waals surface area (Å²) in [6.07, 6.45) is 5.28. The zero-order valence-corrected chi connectivity index (χ0v) is 12.6. The summed E-state index contributed by atoms with van der Waals surface area (Å²) in [6, 6.07) is 19.3. The van der Waals surface area contributed by atoms with Gasteiger partial charge in [0.05, 0.1) is 0 Å². The molecule has 21 heavy (non-hydrogen) atoms. The maximum Gasteiger partial charge on any atom is 0.0444 e. The van der Waals surface area contributed by atoms with Gasteiger partial charge in [0, 0.05) is 12.6 Å². The van der Waals surface area contributed by atoms with E-state index in [0.29, 0.717) is 6.54 Å². The molecule has 0 amide bonds. The van der Waals surface area contributed by atoms with Crippen LogP contribution in [0.2, 0.25) is 0 Å². The normalized spacial score (nSPS) is 12.7. The predicted molar refractivity (Wildman–Crippen MR) is 91.1 cm³/mol. The average Bonchev–Trinajstić information content (AvgIpc) is 2.56. The molecule has 110 valence electrons. The maximum absolute atomic E-state index is 5.89. The lowest BCUT2D eigenvalue weighted by Crippen LogP contribution is -2.28. The van der Waals surface area contributed by atoms with Gasteiger partial charge in [-0.05, 0) is 36.6 Å². The summed E-state index contributed by atoms with van der Waals surface area (Å²) >= 11 is 0. The van der Waals surface area contributed by atoms with E-state index in [1.54, 1.807) is 0 Å². The first-order valence-electron chi connectivity index (χ1n) is 7.55. The Kier molecular flexibility index (Phi) is 6.20. The summed E-state index contributed by atoms with van der Waals surface area (Å²) < 4.78 is 0. The Bertz CT molecular complexity index is 544. The summed E-state index contributed by atoms with van der Waals surface area (Å²) in [6.45, 7) is 3.61. The molecule has 2 rings (SSSR count). The van der Waals surface area contributed by atoms with E-state index in [4.69, 9.17) is 5.73 Å². The van der Waals surface area contributed by atoms with Crippen LogP contribution in [-0.2, 0) is 0 Å². The average molecular weight is 280 g/mol. The Morgan fingerprint density at radius 1 is 1.00 bits per heavy atom. The highest BCUT2D eigenvalue weighted by atomic mass is 14.9. The quantitative estimate of drug-likeness (QED) is 0.596. The second-order valence-electron chi connectivity index (χ2n) is 5.09. The standard InChI is InChI=1S/C19H24N2/c1-2-3-7-14-21-19(15-20)18-12-10-17(11-13-18)16-8-5-4-6-9-16/h2-6,8-13,19,21H,7,14-15,20H2,1H3/b3-2+. The molecule has 0 aromatic heterocycles. The zero-order valence-electron chi connectivity index (χ0n) is 12.6. The predicted octanol–water partition coefficient (Wildman–Crippen LogP) is 3.91. The van der Waals surface area contributed by atoms with Crippen LogP contribution in [0.15, 0.2) is 66.7 Å². The molecular weight excluding hydrogens is 256 g/mol. The molecule has 0 bridgehead atoms. The van der Waals surface area contributed by atoms with Crippen molar-refractivity contribution in [1.29, 1.82) is 0 Å². The number of allylic oxidation sites excluding steroid dienone is 1. The van der Waals surface area contributed by atoms with Gasteiger partial charge in [0.15, 0.2) is 0 Å². The van der Waals surface area contributed by atoms with E-state index in [9.17, 15) is 0 Å². The van der Waals surface area contributed by atoms with Crippen LogP contribution in [0.3, 0.4) is 0 Å². The van der Waals surface area contributed by atoms with Crippen molar-refractivity contribution in [2.45, 2.75) is 19.4 Å². The third kappa shape index (κ3) is 4.55. The molecule has 1 unspecified atom stereocenters. The Labute approximate surface area is 127 Å². The van der Waals surface area contributed by atoms with E-state index in [2.05, 4.69) is 66.0 Å². The van der Waals surface area contributed by atoms with Crippen LogP contribution < -0.4 is 11.1 Å². The minimum atomic E-state index is 0.222. The molecule has 0 spiro atoms. The van der Waals surface area contributed by atoms with Crippen LogP contribution in [0.1, 0.15) is 24.9 Å². The second-order valence-corrected chi connectivity index (χ2v) is 5.09. The van der Waals surface area contributed by atoms with Crippen LogP contribution in [0, 0.1) is 0 Å². The van der Waals surface area contributed by atoms with Crippen LogP contribution in [-0.4, -0.2) is 13.1 Å². The lowest BCUT2D eigenvalue weighted by Gasteiger charge is -2.17. The van der Waals surface area contributed by atoms with Crippen molar-refractivity contribution in [3.8, 4) is 11.1 Å². The summed E-state index contributed by atoms with van der Waals surface area (Å²) in [7, 11) is 0. The molecule has 2 heteroatoms. The monoisotopic (exact) mass is 280 g/mol. The van der Waals surface area contributed by atoms with Crippen LogP contribution in [0.25, 0.3) is 11.1 Å². The van der Waals surface area contributed by atoms with Crippen molar-refractivity contribution < 1.29 is 0 Å². The first kappa shape index (κ1) is 15.5. The molecular formula is C19H24N2. The first-order valence-corrected chi connectivity index (χ1v) is 7.55. The molecule has 0 radical (unpaired) electrons. The van der Waals surface area contributed by atoms with Crippen LogP contribution >= 0.6 is 0 Å². The number of nitrogens with two attached hydrogens (primary N) is 1. The molecule has 2 aromatic rings. The second kappa shape index (κ2) is 8.40. The first-order chi connectivity index (χ1) is 10.3. The molecule has 0 fully saturated rings. The summed E-state index contributed by atoms with van der Waals surface area (Å²) in [5.74, 6) is 0. The fourth-order valence-corrected chi connectivity index (χ4v) is 2.38. The largest absolute Gasteiger partial charge is 0.329 e. The van der Waals surface area contributed by atoms with Gasteiger partial charge in [0.25, 0.3) is 0 Å². The van der Waals surface area contributed by atoms with Gasteiger partial charge < -0.3 is 11.1 Å². The van der Waals surface area contributed by atoms with Crippen molar-refractivity contribution in [3.63, 3.8) is 0 Å². The SMILES string of the molecule is C/C=C/CCNC(CN)c1ccc(-c2ccccc2)cc1. The minimum absolute atomic E-state index is 0.222. The lowest BCUT2D eigenvalue weighted by atomic mass is 10.0. The molecule has 2 aromatic carbocycles. The van der Waals surface area contributed by atoms with Crippen LogP contribution in [0.4, 0.5) is 0 Å². The smallest absolute Gasteiger partial charge is 0.0444 e. The molecule has 0 saturated heterocycles. The van der Waals surface area contributed by atoms with Crippen molar-refractivity contribution in [1.82, 2.24) is 5.32 Å². The van der Waals surface area contributed by atoms with Gasteiger partial charge in [-0.25, -0.2) is 0 Å². The van der Waals surface area contributed by atoms with Crippen molar-refractivity contribution in [2.75, 3.05) is 13.1 Å². The highest BCUT2D eigenvalue weighted by molar-refractivity contribution is 5.63. The van der Waals surface area contributed by atoms with E-state index in [-0.39, 0.29) is 6.04 Å². The highest BCUT2D eigenvalue weighted by Gasteiger charge is 2.08. The van der Waals surface area contributed by atoms with Crippen molar-refractivity contribution >= 4 is 0 Å². The summed E-state index contributed by atoms with van der Waals surface area (Å²) in [4.78, 5) is 0. The third-order valence-corrected chi connectivity index (χ3v) is 3.59. The fraction of sp³-hybridized carbons (Fsp3) is 0.263. The topological polar surface area (TPSA) is 38.0 Å². The Morgan fingerprint density at radius 2 is 1.67 bits per heavy atom. The van der Waals surface area contributed by atoms with Crippen molar-refractivity contribution in [3.05, 3.63) is 72.3 Å². The molecule has 0 aliphatic rings. The molecule has 0 heterocycles. The molecule has 1 atom stereocenters. The van der Waals surface area contributed by atoms with Crippen LogP contribution in [0.5, 0.6) is 0 Å². The lowest BCUT2D eigenvalue weighted by molar-refractivity contribution is 0.548. The van der Waals surface area contributed by atoms with E-state index in [0.717, 1.165) is 13.0 Å². The van der Waals surface area contributed by atoms with Crippen molar-refractivity contribution in [2.24, 2.45) is 5.73 Å². The van der Waals surface area contributed by atoms with E-state index in [1.807, 2.05) is 13.0 Å². The minimum Gasteiger partial charge on any atom is -0.329 e. The number of hydrogen-bond acceptors (Lipinski definition) is 2. The van der Waals surface area contributed by atoms with Gasteiger partial charge in [-0.3, -0.25) is 0 Å². The molecule has 3 N–H and O–H groups in total. The summed E-state index contributed by atoms with van der Waals surface area (Å²) in [5.41, 5.74) is 9.62. The third-order valence-electron chi connectivity index (χ3n) is 3.59. The molecule has 0 aliphatic heterocycles. The Balaban J connectivity index is 2.03. The highest BCUT2D eigenvalue weighted by Crippen LogP contribution is 2.21. The van der Waals surface area contributed by atoms with Gasteiger partial charge in [-0.15, -0.1) is 0 Å².